The van der Waals surface area contributed by atoms with Crippen molar-refractivity contribution < 1.29 is 14.3 Å². The summed E-state index contributed by atoms with van der Waals surface area (Å²) in [7, 11) is 0. The molecule has 0 unspecified atom stereocenters. The van der Waals surface area contributed by atoms with E-state index >= 15 is 0 Å². The number of nitrogens with one attached hydrogen (secondary N) is 1. The first kappa shape index (κ1) is 25.0. The predicted molar refractivity (Wildman–Crippen MR) is 141 cm³/mol. The van der Waals surface area contributed by atoms with E-state index in [4.69, 9.17) is 4.74 Å². The molecule has 1 aliphatic heterocycles. The molecular weight excluding hydrogens is 468 g/mol. The maximum Gasteiger partial charge on any atom is 0.410 e. The quantitative estimate of drug-likeness (QED) is 0.489. The minimum Gasteiger partial charge on any atom is -0.444 e. The van der Waals surface area contributed by atoms with Crippen LogP contribution in [-0.2, 0) is 17.8 Å². The molecule has 0 bridgehead atoms. The summed E-state index contributed by atoms with van der Waals surface area (Å²) in [5.41, 5.74) is 3.54. The molecule has 0 aromatic carbocycles. The van der Waals surface area contributed by atoms with Crippen molar-refractivity contribution in [3.05, 3.63) is 59.8 Å². The van der Waals surface area contributed by atoms with Crippen LogP contribution in [0.15, 0.2) is 43.0 Å². The molecule has 1 saturated heterocycles. The molecular formula is C28H36N6O3. The van der Waals surface area contributed by atoms with Gasteiger partial charge in [0.2, 0.25) is 0 Å². The van der Waals surface area contributed by atoms with Crippen molar-refractivity contribution in [2.24, 2.45) is 5.92 Å². The topological polar surface area (TPSA) is 92.1 Å². The Kier molecular flexibility index (Phi) is 7.04. The van der Waals surface area contributed by atoms with E-state index in [0.717, 1.165) is 48.5 Å². The second kappa shape index (κ2) is 10.4. The van der Waals surface area contributed by atoms with Gasteiger partial charge in [0.1, 0.15) is 11.2 Å². The van der Waals surface area contributed by atoms with Crippen LogP contribution in [0.2, 0.25) is 0 Å². The lowest BCUT2D eigenvalue weighted by atomic mass is 9.85. The first-order valence-corrected chi connectivity index (χ1v) is 13.2. The molecule has 1 N–H and O–H groups in total. The summed E-state index contributed by atoms with van der Waals surface area (Å²) in [6, 6.07) is 5.82. The molecule has 0 atom stereocenters. The molecule has 1 saturated carbocycles. The highest BCUT2D eigenvalue weighted by Crippen LogP contribution is 2.28. The van der Waals surface area contributed by atoms with Crippen molar-refractivity contribution in [3.63, 3.8) is 0 Å². The van der Waals surface area contributed by atoms with E-state index in [-0.39, 0.29) is 12.0 Å². The van der Waals surface area contributed by atoms with Gasteiger partial charge in [0, 0.05) is 38.2 Å². The van der Waals surface area contributed by atoms with E-state index in [1.807, 2.05) is 60.7 Å². The Balaban J connectivity index is 1.23. The van der Waals surface area contributed by atoms with Crippen LogP contribution in [-0.4, -0.2) is 56.5 Å². The molecule has 4 heterocycles. The van der Waals surface area contributed by atoms with Crippen molar-refractivity contribution in [3.8, 4) is 0 Å². The van der Waals surface area contributed by atoms with Gasteiger partial charge in [-0.05, 0) is 63.6 Å². The number of hydrogen-bond acceptors (Lipinski definition) is 6. The smallest absolute Gasteiger partial charge is 0.410 e. The number of ether oxygens (including phenoxy) is 1. The normalized spacial score (nSPS) is 15.7. The SMILES string of the molecule is CC(C)(C)OC(=O)N(Cc1ccc2nc(CNC(=O)c3cncc(N4CCC4)c3)cn2c1)CC1CCC1. The second-order valence-corrected chi connectivity index (χ2v) is 11.1. The first-order chi connectivity index (χ1) is 17.7. The van der Waals surface area contributed by atoms with Gasteiger partial charge < -0.3 is 24.3 Å². The molecule has 2 aliphatic rings. The van der Waals surface area contributed by atoms with Gasteiger partial charge in [-0.1, -0.05) is 12.5 Å². The van der Waals surface area contributed by atoms with Crippen LogP contribution in [0.3, 0.4) is 0 Å². The van der Waals surface area contributed by atoms with Crippen LogP contribution >= 0.6 is 0 Å². The van der Waals surface area contributed by atoms with Gasteiger partial charge in [0.05, 0.1) is 36.2 Å². The van der Waals surface area contributed by atoms with Gasteiger partial charge in [0.25, 0.3) is 5.91 Å². The number of amides is 2. The lowest BCUT2D eigenvalue weighted by Crippen LogP contribution is -2.40. The molecule has 2 amide bonds. The standard InChI is InChI=1S/C28H36N6O3/c1-28(2,3)37-27(36)34(16-20-6-4-7-20)18-21-8-9-25-31-23(19-33(25)17-21)14-30-26(35)22-12-24(15-29-13-22)32-10-5-11-32/h8-9,12-13,15,17,19-20H,4-7,10-11,14,16,18H2,1-3H3,(H,30,35). The summed E-state index contributed by atoms with van der Waals surface area (Å²) < 4.78 is 7.62. The third kappa shape index (κ3) is 6.21. The fourth-order valence-corrected chi connectivity index (χ4v) is 4.58. The highest BCUT2D eigenvalue weighted by Gasteiger charge is 2.27. The number of aromatic nitrogens is 3. The molecule has 5 rings (SSSR count). The summed E-state index contributed by atoms with van der Waals surface area (Å²) in [5.74, 6) is 0.373. The maximum absolute atomic E-state index is 12.9. The lowest BCUT2D eigenvalue weighted by molar-refractivity contribution is 0.0173. The van der Waals surface area contributed by atoms with Gasteiger partial charge in [-0.3, -0.25) is 9.78 Å². The van der Waals surface area contributed by atoms with E-state index in [9.17, 15) is 9.59 Å². The Morgan fingerprint density at radius 2 is 1.95 bits per heavy atom. The van der Waals surface area contributed by atoms with E-state index in [1.165, 1.54) is 12.8 Å². The fourth-order valence-electron chi connectivity index (χ4n) is 4.58. The maximum atomic E-state index is 12.9. The Bertz CT molecular complexity index is 1270. The van der Waals surface area contributed by atoms with Gasteiger partial charge in [-0.25, -0.2) is 9.78 Å². The van der Waals surface area contributed by atoms with Crippen molar-refractivity contribution >= 4 is 23.3 Å². The van der Waals surface area contributed by atoms with E-state index in [0.29, 0.717) is 31.1 Å². The Hall–Kier alpha value is -3.62. The molecule has 0 radical (unpaired) electrons. The number of pyridine rings is 2. The lowest BCUT2D eigenvalue weighted by Gasteiger charge is -2.33. The molecule has 9 heteroatoms. The van der Waals surface area contributed by atoms with Crippen LogP contribution in [0.25, 0.3) is 5.65 Å². The largest absolute Gasteiger partial charge is 0.444 e. The van der Waals surface area contributed by atoms with Gasteiger partial charge in [-0.2, -0.15) is 0 Å². The van der Waals surface area contributed by atoms with E-state index in [1.54, 1.807) is 12.4 Å². The molecule has 196 valence electrons. The number of nitrogens with zero attached hydrogens (tertiary/aromatic N) is 5. The van der Waals surface area contributed by atoms with E-state index in [2.05, 4.69) is 20.2 Å². The number of carbonyl (C=O) groups is 2. The summed E-state index contributed by atoms with van der Waals surface area (Å²) in [5, 5.41) is 2.95. The van der Waals surface area contributed by atoms with Crippen LogP contribution in [0, 0.1) is 5.92 Å². The molecule has 37 heavy (non-hydrogen) atoms. The van der Waals surface area contributed by atoms with Crippen molar-refractivity contribution in [2.75, 3.05) is 24.5 Å². The minimum absolute atomic E-state index is 0.170. The molecule has 3 aromatic rings. The van der Waals surface area contributed by atoms with Crippen molar-refractivity contribution in [2.45, 2.75) is 65.1 Å². The average molecular weight is 505 g/mol. The van der Waals surface area contributed by atoms with Gasteiger partial charge in [0.15, 0.2) is 0 Å². The number of imidazole rings is 1. The van der Waals surface area contributed by atoms with Crippen LogP contribution in [0.5, 0.6) is 0 Å². The zero-order valence-electron chi connectivity index (χ0n) is 21.9. The van der Waals surface area contributed by atoms with Gasteiger partial charge in [-0.15, -0.1) is 0 Å². The summed E-state index contributed by atoms with van der Waals surface area (Å²) in [6.07, 6.45) is 11.7. The number of fused-ring (bicyclic) bond motifs is 1. The Morgan fingerprint density at radius 1 is 1.14 bits per heavy atom. The van der Waals surface area contributed by atoms with Gasteiger partial charge >= 0.3 is 6.09 Å². The molecule has 9 nitrogen and oxygen atoms in total. The molecule has 3 aromatic heterocycles. The highest BCUT2D eigenvalue weighted by atomic mass is 16.6. The minimum atomic E-state index is -0.533. The monoisotopic (exact) mass is 504 g/mol. The Morgan fingerprint density at radius 3 is 2.62 bits per heavy atom. The third-order valence-electron chi connectivity index (χ3n) is 6.93. The van der Waals surface area contributed by atoms with Crippen molar-refractivity contribution in [1.29, 1.82) is 0 Å². The summed E-state index contributed by atoms with van der Waals surface area (Å²) in [6.45, 7) is 9.19. The number of rotatable bonds is 8. The zero-order chi connectivity index (χ0) is 26.0. The van der Waals surface area contributed by atoms with E-state index < -0.39 is 5.60 Å². The zero-order valence-corrected chi connectivity index (χ0v) is 21.9. The second-order valence-electron chi connectivity index (χ2n) is 11.1. The number of anilines is 1. The highest BCUT2D eigenvalue weighted by molar-refractivity contribution is 5.94. The molecule has 0 spiro atoms. The predicted octanol–water partition coefficient (Wildman–Crippen LogP) is 4.41. The van der Waals surface area contributed by atoms with Crippen LogP contribution in [0.1, 0.15) is 68.1 Å². The molecule has 1 aliphatic carbocycles. The average Bonchev–Trinajstić information content (AvgIpc) is 3.19. The number of hydrogen-bond donors (Lipinski definition) is 1. The third-order valence-corrected chi connectivity index (χ3v) is 6.93. The number of carbonyl (C=O) groups excluding carboxylic acids is 2. The van der Waals surface area contributed by atoms with Crippen molar-refractivity contribution in [1.82, 2.24) is 24.6 Å². The molecule has 2 fully saturated rings. The van der Waals surface area contributed by atoms with Crippen LogP contribution in [0.4, 0.5) is 10.5 Å². The summed E-state index contributed by atoms with van der Waals surface area (Å²) >= 11 is 0. The summed E-state index contributed by atoms with van der Waals surface area (Å²) in [4.78, 5) is 38.5. The first-order valence-electron chi connectivity index (χ1n) is 13.2. The Labute approximate surface area is 217 Å². The fraction of sp³-hybridized carbons (Fsp3) is 0.500. The van der Waals surface area contributed by atoms with Crippen LogP contribution < -0.4 is 10.2 Å².